The number of nitriles is 1. The summed E-state index contributed by atoms with van der Waals surface area (Å²) in [5.74, 6) is 1.66. The number of nitrogens with two attached hydrogens (primary N) is 1. The third-order valence-corrected chi connectivity index (χ3v) is 3.84. The molecule has 0 amide bonds. The molecule has 0 radical (unpaired) electrons. The Morgan fingerprint density at radius 3 is 2.69 bits per heavy atom. The van der Waals surface area contributed by atoms with E-state index in [1.165, 1.54) is 19.5 Å². The quantitative estimate of drug-likeness (QED) is 0.793. The van der Waals surface area contributed by atoms with E-state index in [4.69, 9.17) is 11.0 Å². The highest BCUT2D eigenvalue weighted by Gasteiger charge is 2.23. The van der Waals surface area contributed by atoms with Crippen molar-refractivity contribution in [1.82, 2.24) is 4.90 Å². The molecule has 1 aliphatic rings. The van der Waals surface area contributed by atoms with Gasteiger partial charge in [0, 0.05) is 6.54 Å². The summed E-state index contributed by atoms with van der Waals surface area (Å²) < 4.78 is 0. The lowest BCUT2D eigenvalue weighted by molar-refractivity contribution is 0.135. The van der Waals surface area contributed by atoms with Crippen molar-refractivity contribution in [2.75, 3.05) is 19.6 Å². The minimum Gasteiger partial charge on any atom is -0.314 e. The number of hydrogen-bond acceptors (Lipinski definition) is 3. The van der Waals surface area contributed by atoms with Gasteiger partial charge in [-0.2, -0.15) is 5.26 Å². The smallest absolute Gasteiger partial charge is 0.101 e. The van der Waals surface area contributed by atoms with Crippen LogP contribution in [-0.4, -0.2) is 30.1 Å². The second-order valence-electron chi connectivity index (χ2n) is 5.68. The molecule has 1 heterocycles. The monoisotopic (exact) mass is 223 g/mol. The Morgan fingerprint density at radius 2 is 2.12 bits per heavy atom. The van der Waals surface area contributed by atoms with Gasteiger partial charge in [0.15, 0.2) is 0 Å². The van der Waals surface area contributed by atoms with Gasteiger partial charge < -0.3 is 10.6 Å². The van der Waals surface area contributed by atoms with Crippen molar-refractivity contribution in [3.8, 4) is 6.07 Å². The van der Waals surface area contributed by atoms with Crippen LogP contribution < -0.4 is 5.73 Å². The minimum absolute atomic E-state index is 0.644. The Balaban J connectivity index is 2.22. The van der Waals surface area contributed by atoms with Gasteiger partial charge in [-0.15, -0.1) is 0 Å². The van der Waals surface area contributed by atoms with Crippen molar-refractivity contribution < 1.29 is 0 Å². The summed E-state index contributed by atoms with van der Waals surface area (Å²) in [6.07, 6.45) is 3.13. The molecule has 1 rings (SSSR count). The van der Waals surface area contributed by atoms with Gasteiger partial charge in [-0.1, -0.05) is 13.8 Å². The predicted molar refractivity (Wildman–Crippen MR) is 66.8 cm³/mol. The van der Waals surface area contributed by atoms with Gasteiger partial charge in [0.2, 0.25) is 0 Å². The Bertz CT molecular complexity index is 254. The van der Waals surface area contributed by atoms with Crippen LogP contribution in [0.1, 0.15) is 40.0 Å². The van der Waals surface area contributed by atoms with Gasteiger partial charge in [0.25, 0.3) is 0 Å². The molecule has 1 aliphatic heterocycles. The molecule has 0 spiro atoms. The van der Waals surface area contributed by atoms with E-state index in [1.54, 1.807) is 0 Å². The topological polar surface area (TPSA) is 53.0 Å². The fourth-order valence-corrected chi connectivity index (χ4v) is 2.28. The molecule has 0 aromatic heterocycles. The zero-order valence-corrected chi connectivity index (χ0v) is 10.9. The lowest BCUT2D eigenvalue weighted by atomic mass is 9.88. The SMILES string of the molecule is CC1CCN(CCCC(C)(N)C#N)CC1C. The maximum Gasteiger partial charge on any atom is 0.101 e. The van der Waals surface area contributed by atoms with Gasteiger partial charge in [-0.05, 0) is 51.1 Å². The first-order valence-electron chi connectivity index (χ1n) is 6.37. The van der Waals surface area contributed by atoms with Crippen molar-refractivity contribution in [2.24, 2.45) is 17.6 Å². The van der Waals surface area contributed by atoms with E-state index in [9.17, 15) is 0 Å². The standard InChI is InChI=1S/C13H25N3/c1-11-5-8-16(9-12(11)2)7-4-6-13(3,15)10-14/h11-12H,4-9,15H2,1-3H3. The first-order valence-corrected chi connectivity index (χ1v) is 6.37. The van der Waals surface area contributed by atoms with E-state index in [-0.39, 0.29) is 0 Å². The predicted octanol–water partition coefficient (Wildman–Crippen LogP) is 1.99. The summed E-state index contributed by atoms with van der Waals surface area (Å²) in [7, 11) is 0. The maximum absolute atomic E-state index is 8.82. The van der Waals surface area contributed by atoms with Crippen molar-refractivity contribution in [2.45, 2.75) is 45.6 Å². The highest BCUT2D eigenvalue weighted by Crippen LogP contribution is 2.22. The fourth-order valence-electron chi connectivity index (χ4n) is 2.28. The van der Waals surface area contributed by atoms with Gasteiger partial charge in [-0.25, -0.2) is 0 Å². The maximum atomic E-state index is 8.82. The molecule has 3 unspecified atom stereocenters. The molecule has 0 bridgehead atoms. The lowest BCUT2D eigenvalue weighted by Gasteiger charge is -2.35. The summed E-state index contributed by atoms with van der Waals surface area (Å²) in [4.78, 5) is 2.51. The number of rotatable bonds is 4. The Kier molecular flexibility index (Phi) is 4.76. The van der Waals surface area contributed by atoms with E-state index in [2.05, 4.69) is 24.8 Å². The van der Waals surface area contributed by atoms with Crippen LogP contribution in [0.5, 0.6) is 0 Å². The molecule has 92 valence electrons. The van der Waals surface area contributed by atoms with Gasteiger partial charge in [0.1, 0.15) is 5.54 Å². The molecule has 1 fully saturated rings. The molecule has 0 saturated carbocycles. The van der Waals surface area contributed by atoms with E-state index < -0.39 is 5.54 Å². The number of hydrogen-bond donors (Lipinski definition) is 1. The first kappa shape index (κ1) is 13.5. The van der Waals surface area contributed by atoms with Crippen molar-refractivity contribution in [3.05, 3.63) is 0 Å². The Hall–Kier alpha value is -0.590. The first-order chi connectivity index (χ1) is 7.44. The molecule has 3 heteroatoms. The van der Waals surface area contributed by atoms with Crippen molar-refractivity contribution in [1.29, 1.82) is 5.26 Å². The lowest BCUT2D eigenvalue weighted by Crippen LogP contribution is -2.40. The summed E-state index contributed by atoms with van der Waals surface area (Å²) in [5, 5.41) is 8.82. The van der Waals surface area contributed by atoms with Crippen molar-refractivity contribution >= 4 is 0 Å². The number of nitrogens with zero attached hydrogens (tertiary/aromatic N) is 2. The van der Waals surface area contributed by atoms with Crippen LogP contribution in [0.25, 0.3) is 0 Å². The van der Waals surface area contributed by atoms with E-state index in [1.807, 2.05) is 6.92 Å². The third-order valence-electron chi connectivity index (χ3n) is 3.84. The average Bonchev–Trinajstić information content (AvgIpc) is 2.23. The van der Waals surface area contributed by atoms with Crippen LogP contribution in [0.15, 0.2) is 0 Å². The summed E-state index contributed by atoms with van der Waals surface area (Å²) in [6, 6.07) is 2.15. The van der Waals surface area contributed by atoms with Crippen LogP contribution in [0, 0.1) is 23.2 Å². The highest BCUT2D eigenvalue weighted by molar-refractivity contribution is 5.00. The Morgan fingerprint density at radius 1 is 1.44 bits per heavy atom. The minimum atomic E-state index is -0.644. The Labute approximate surface area is 99.6 Å². The molecular formula is C13H25N3. The molecule has 0 aliphatic carbocycles. The molecule has 1 saturated heterocycles. The number of piperidine rings is 1. The molecule has 2 N–H and O–H groups in total. The highest BCUT2D eigenvalue weighted by atomic mass is 15.1. The van der Waals surface area contributed by atoms with Crippen molar-refractivity contribution in [3.63, 3.8) is 0 Å². The molecule has 0 aromatic carbocycles. The van der Waals surface area contributed by atoms with Gasteiger partial charge in [0.05, 0.1) is 6.07 Å². The van der Waals surface area contributed by atoms with Gasteiger partial charge in [-0.3, -0.25) is 0 Å². The molecule has 3 nitrogen and oxygen atoms in total. The van der Waals surface area contributed by atoms with E-state index in [0.717, 1.165) is 31.2 Å². The van der Waals surface area contributed by atoms with Crippen LogP contribution in [0.2, 0.25) is 0 Å². The van der Waals surface area contributed by atoms with E-state index >= 15 is 0 Å². The fraction of sp³-hybridized carbons (Fsp3) is 0.923. The summed E-state index contributed by atoms with van der Waals surface area (Å²) in [5.41, 5.74) is 5.16. The summed E-state index contributed by atoms with van der Waals surface area (Å²) >= 11 is 0. The molecule has 3 atom stereocenters. The normalized spacial score (nSPS) is 30.7. The third kappa shape index (κ3) is 4.11. The average molecular weight is 223 g/mol. The second-order valence-corrected chi connectivity index (χ2v) is 5.68. The van der Waals surface area contributed by atoms with Crippen LogP contribution in [0.4, 0.5) is 0 Å². The molecule has 0 aromatic rings. The summed E-state index contributed by atoms with van der Waals surface area (Å²) in [6.45, 7) is 9.99. The van der Waals surface area contributed by atoms with Gasteiger partial charge >= 0.3 is 0 Å². The van der Waals surface area contributed by atoms with Crippen LogP contribution >= 0.6 is 0 Å². The molecule has 16 heavy (non-hydrogen) atoms. The largest absolute Gasteiger partial charge is 0.314 e. The number of likely N-dealkylation sites (tertiary alicyclic amines) is 1. The molecular weight excluding hydrogens is 198 g/mol. The zero-order valence-electron chi connectivity index (χ0n) is 10.9. The second kappa shape index (κ2) is 5.65. The zero-order chi connectivity index (χ0) is 12.2. The van der Waals surface area contributed by atoms with Crippen LogP contribution in [-0.2, 0) is 0 Å². The van der Waals surface area contributed by atoms with E-state index in [0.29, 0.717) is 0 Å². The van der Waals surface area contributed by atoms with Crippen LogP contribution in [0.3, 0.4) is 0 Å².